The van der Waals surface area contributed by atoms with Gasteiger partial charge in [-0.15, -0.1) is 0 Å². The summed E-state index contributed by atoms with van der Waals surface area (Å²) in [7, 11) is 0. The number of rotatable bonds is 3. The molecule has 0 aromatic heterocycles. The third-order valence-electron chi connectivity index (χ3n) is 1.90. The van der Waals surface area contributed by atoms with E-state index in [-0.39, 0.29) is 18.9 Å². The van der Waals surface area contributed by atoms with E-state index < -0.39 is 12.6 Å². The maximum absolute atomic E-state index is 10.1. The van der Waals surface area contributed by atoms with Crippen LogP contribution >= 0.6 is 0 Å². The Labute approximate surface area is 95.3 Å². The second kappa shape index (κ2) is 5.74. The molecule has 1 aromatic carbocycles. The predicted molar refractivity (Wildman–Crippen MR) is 46.4 cm³/mol. The maximum atomic E-state index is 10.1. The molecule has 0 unspecified atom stereocenters. The molecule has 0 spiro atoms. The van der Waals surface area contributed by atoms with Crippen molar-refractivity contribution in [1.82, 2.24) is 0 Å². The number of ether oxygens (including phenoxy) is 1. The molecule has 0 atom stereocenters. The van der Waals surface area contributed by atoms with E-state index in [4.69, 9.17) is 4.74 Å². The number of carbonyl (C=O) groups is 1. The van der Waals surface area contributed by atoms with Crippen LogP contribution in [-0.2, 0) is 4.79 Å². The standard InChI is InChI=1S/C10H12O3.Li/c1-7-4-3-5-9(8(7)2)13-6-10(11)12;/h3-5H,6H2,1-2H3,(H,11,12);/q;+1/p-1. The van der Waals surface area contributed by atoms with Gasteiger partial charge in [-0.3, -0.25) is 0 Å². The van der Waals surface area contributed by atoms with Gasteiger partial charge in [0.1, 0.15) is 12.4 Å². The number of benzene rings is 1. The van der Waals surface area contributed by atoms with Gasteiger partial charge in [0.15, 0.2) is 0 Å². The molecule has 0 saturated carbocycles. The van der Waals surface area contributed by atoms with Crippen LogP contribution in [0, 0.1) is 13.8 Å². The molecule has 70 valence electrons. The maximum Gasteiger partial charge on any atom is 1.00 e. The Morgan fingerprint density at radius 3 is 2.64 bits per heavy atom. The number of carboxylic acid groups (broad SMARTS) is 1. The summed E-state index contributed by atoms with van der Waals surface area (Å²) in [6.45, 7) is 3.44. The van der Waals surface area contributed by atoms with E-state index in [0.29, 0.717) is 5.75 Å². The van der Waals surface area contributed by atoms with Crippen LogP contribution in [0.25, 0.3) is 0 Å². The molecule has 14 heavy (non-hydrogen) atoms. The molecule has 0 radical (unpaired) electrons. The Balaban J connectivity index is 0.00000169. The van der Waals surface area contributed by atoms with Crippen LogP contribution < -0.4 is 28.7 Å². The van der Waals surface area contributed by atoms with Crippen molar-refractivity contribution in [3.63, 3.8) is 0 Å². The van der Waals surface area contributed by atoms with E-state index in [1.807, 2.05) is 26.0 Å². The molecule has 3 nitrogen and oxygen atoms in total. The quantitative estimate of drug-likeness (QED) is 0.488. The van der Waals surface area contributed by atoms with Crippen LogP contribution in [0.4, 0.5) is 0 Å². The van der Waals surface area contributed by atoms with Gasteiger partial charge >= 0.3 is 18.9 Å². The molecule has 1 aromatic rings. The van der Waals surface area contributed by atoms with E-state index in [9.17, 15) is 9.90 Å². The first-order valence-corrected chi connectivity index (χ1v) is 4.00. The van der Waals surface area contributed by atoms with Gasteiger partial charge in [-0.1, -0.05) is 12.1 Å². The monoisotopic (exact) mass is 186 g/mol. The summed E-state index contributed by atoms with van der Waals surface area (Å²) in [5, 5.41) is 10.1. The van der Waals surface area contributed by atoms with Crippen LogP contribution in [0.1, 0.15) is 11.1 Å². The average molecular weight is 186 g/mol. The van der Waals surface area contributed by atoms with E-state index in [1.54, 1.807) is 6.07 Å². The first-order valence-electron chi connectivity index (χ1n) is 4.00. The third kappa shape index (κ3) is 3.45. The van der Waals surface area contributed by atoms with E-state index in [2.05, 4.69) is 0 Å². The molecule has 0 heterocycles. The second-order valence-corrected chi connectivity index (χ2v) is 2.86. The molecule has 0 aliphatic rings. The molecule has 0 amide bonds. The molecule has 0 bridgehead atoms. The van der Waals surface area contributed by atoms with E-state index in [0.717, 1.165) is 11.1 Å². The van der Waals surface area contributed by atoms with Crippen molar-refractivity contribution in [3.05, 3.63) is 29.3 Å². The fourth-order valence-electron chi connectivity index (χ4n) is 1.02. The van der Waals surface area contributed by atoms with E-state index in [1.165, 1.54) is 0 Å². The Morgan fingerprint density at radius 1 is 1.43 bits per heavy atom. The second-order valence-electron chi connectivity index (χ2n) is 2.86. The zero-order chi connectivity index (χ0) is 9.84. The molecular formula is C10H11LiO3. The van der Waals surface area contributed by atoms with Crippen LogP contribution in [0.5, 0.6) is 5.75 Å². The van der Waals surface area contributed by atoms with Crippen molar-refractivity contribution in [3.8, 4) is 5.75 Å². The van der Waals surface area contributed by atoms with Crippen molar-refractivity contribution in [2.24, 2.45) is 0 Å². The van der Waals surface area contributed by atoms with Gasteiger partial charge in [0.25, 0.3) is 0 Å². The number of carbonyl (C=O) groups excluding carboxylic acids is 1. The molecule has 0 aliphatic carbocycles. The van der Waals surface area contributed by atoms with Crippen LogP contribution in [-0.4, -0.2) is 12.6 Å². The minimum atomic E-state index is -1.21. The fourth-order valence-corrected chi connectivity index (χ4v) is 1.02. The topological polar surface area (TPSA) is 49.4 Å². The molecule has 1 rings (SSSR count). The first kappa shape index (κ1) is 13.1. The summed E-state index contributed by atoms with van der Waals surface area (Å²) in [5.41, 5.74) is 2.04. The van der Waals surface area contributed by atoms with Crippen LogP contribution in [0.3, 0.4) is 0 Å². The summed E-state index contributed by atoms with van der Waals surface area (Å²) < 4.78 is 5.02. The van der Waals surface area contributed by atoms with Gasteiger partial charge in [-0.25, -0.2) is 0 Å². The normalized spacial score (nSPS) is 9.00. The van der Waals surface area contributed by atoms with Crippen LogP contribution in [0.2, 0.25) is 0 Å². The molecule has 0 saturated heterocycles. The molecule has 4 heteroatoms. The summed E-state index contributed by atoms with van der Waals surface area (Å²) in [6.07, 6.45) is 0. The molecule has 0 fully saturated rings. The average Bonchev–Trinajstić information content (AvgIpc) is 2.07. The summed E-state index contributed by atoms with van der Waals surface area (Å²) >= 11 is 0. The van der Waals surface area contributed by atoms with Gasteiger partial charge < -0.3 is 14.6 Å². The van der Waals surface area contributed by atoms with Gasteiger partial charge in [0.2, 0.25) is 0 Å². The number of aryl methyl sites for hydroxylation is 1. The number of hydrogen-bond donors (Lipinski definition) is 0. The Morgan fingerprint density at radius 2 is 2.07 bits per heavy atom. The number of hydrogen-bond acceptors (Lipinski definition) is 3. The summed E-state index contributed by atoms with van der Waals surface area (Å²) in [5.74, 6) is -0.606. The van der Waals surface area contributed by atoms with Gasteiger partial charge in [0, 0.05) is 0 Å². The van der Waals surface area contributed by atoms with Crippen molar-refractivity contribution in [1.29, 1.82) is 0 Å². The fraction of sp³-hybridized carbons (Fsp3) is 0.300. The Hall–Kier alpha value is -0.913. The number of aliphatic carboxylic acids is 1. The molecular weight excluding hydrogens is 175 g/mol. The van der Waals surface area contributed by atoms with Crippen molar-refractivity contribution < 1.29 is 33.5 Å². The van der Waals surface area contributed by atoms with Crippen molar-refractivity contribution in [2.75, 3.05) is 6.61 Å². The van der Waals surface area contributed by atoms with Crippen molar-refractivity contribution >= 4 is 5.97 Å². The Kier molecular flexibility index (Phi) is 5.37. The first-order chi connectivity index (χ1) is 6.11. The minimum absolute atomic E-state index is 0. The predicted octanol–water partition coefficient (Wildman–Crippen LogP) is -2.56. The van der Waals surface area contributed by atoms with Crippen LogP contribution in [0.15, 0.2) is 18.2 Å². The molecule has 0 aliphatic heterocycles. The summed E-state index contributed by atoms with van der Waals surface area (Å²) in [4.78, 5) is 10.1. The van der Waals surface area contributed by atoms with Gasteiger partial charge in [-0.05, 0) is 31.0 Å². The largest absolute Gasteiger partial charge is 1.00 e. The zero-order valence-electron chi connectivity index (χ0n) is 8.66. The van der Waals surface area contributed by atoms with Crippen molar-refractivity contribution in [2.45, 2.75) is 13.8 Å². The number of carboxylic acids is 1. The van der Waals surface area contributed by atoms with Gasteiger partial charge in [0.05, 0.1) is 5.97 Å². The SMILES string of the molecule is Cc1cccc(OCC(=O)[O-])c1C.[Li+]. The van der Waals surface area contributed by atoms with E-state index >= 15 is 0 Å². The summed E-state index contributed by atoms with van der Waals surface area (Å²) in [6, 6.07) is 5.51. The third-order valence-corrected chi connectivity index (χ3v) is 1.90. The zero-order valence-corrected chi connectivity index (χ0v) is 8.66. The smallest absolute Gasteiger partial charge is 0.546 e. The van der Waals surface area contributed by atoms with Gasteiger partial charge in [-0.2, -0.15) is 0 Å². The minimum Gasteiger partial charge on any atom is -0.546 e. The Bertz CT molecular complexity index is 323. The molecule has 0 N–H and O–H groups in total.